The van der Waals surface area contributed by atoms with Crippen LogP contribution >= 0.6 is 15.9 Å². The van der Waals surface area contributed by atoms with Gasteiger partial charge in [-0.2, -0.15) is 5.26 Å². The largest absolute Gasteiger partial charge is 0.338 e. The first kappa shape index (κ1) is 12.5. The molecule has 0 bridgehead atoms. The van der Waals surface area contributed by atoms with Crippen LogP contribution in [0.5, 0.6) is 0 Å². The Hall–Kier alpha value is -2.00. The predicted molar refractivity (Wildman–Crippen MR) is 68.9 cm³/mol. The lowest BCUT2D eigenvalue weighted by Crippen LogP contribution is -1.99. The highest BCUT2D eigenvalue weighted by Gasteiger charge is 2.06. The smallest absolute Gasteiger partial charge is 0.147 e. The van der Waals surface area contributed by atoms with Crippen molar-refractivity contribution in [2.45, 2.75) is 6.92 Å². The van der Waals surface area contributed by atoms with Crippen LogP contribution in [-0.2, 0) is 0 Å². The Morgan fingerprint density at radius 3 is 2.72 bits per heavy atom. The van der Waals surface area contributed by atoms with Crippen LogP contribution in [0.15, 0.2) is 28.9 Å². The Morgan fingerprint density at radius 1 is 1.33 bits per heavy atom. The summed E-state index contributed by atoms with van der Waals surface area (Å²) in [5, 5.41) is 11.5. The Balaban J connectivity index is 2.31. The summed E-state index contributed by atoms with van der Waals surface area (Å²) in [6.07, 6.45) is 0. The second-order valence-corrected chi connectivity index (χ2v) is 4.37. The van der Waals surface area contributed by atoms with Gasteiger partial charge in [-0.1, -0.05) is 0 Å². The van der Waals surface area contributed by atoms with Crippen molar-refractivity contribution in [3.63, 3.8) is 0 Å². The number of nitrogens with one attached hydrogen (secondary N) is 1. The number of hydrogen-bond donors (Lipinski definition) is 1. The minimum Gasteiger partial charge on any atom is -0.338 e. The van der Waals surface area contributed by atoms with Crippen molar-refractivity contribution in [2.75, 3.05) is 5.32 Å². The van der Waals surface area contributed by atoms with Gasteiger partial charge in [0.05, 0.1) is 17.3 Å². The van der Waals surface area contributed by atoms with Crippen LogP contribution < -0.4 is 5.32 Å². The van der Waals surface area contributed by atoms with E-state index >= 15 is 0 Å². The molecular weight excluding hydrogens is 299 g/mol. The number of aromatic nitrogens is 2. The van der Waals surface area contributed by atoms with Crippen LogP contribution in [0.4, 0.5) is 15.9 Å². The van der Waals surface area contributed by atoms with Gasteiger partial charge in [-0.05, 0) is 41.1 Å². The van der Waals surface area contributed by atoms with Crippen molar-refractivity contribution in [3.8, 4) is 6.07 Å². The van der Waals surface area contributed by atoms with Crippen molar-refractivity contribution < 1.29 is 4.39 Å². The van der Waals surface area contributed by atoms with Crippen LogP contribution in [0.1, 0.15) is 11.4 Å². The molecule has 0 unspecified atom stereocenters. The van der Waals surface area contributed by atoms with E-state index in [2.05, 4.69) is 31.2 Å². The van der Waals surface area contributed by atoms with Gasteiger partial charge in [-0.15, -0.1) is 0 Å². The number of aryl methyl sites for hydroxylation is 1. The van der Waals surface area contributed by atoms with E-state index in [1.807, 2.05) is 6.07 Å². The molecule has 1 aromatic heterocycles. The first-order chi connectivity index (χ1) is 8.58. The molecule has 1 aromatic carbocycles. The lowest BCUT2D eigenvalue weighted by atomic mass is 10.2. The molecule has 0 radical (unpaired) electrons. The Kier molecular flexibility index (Phi) is 3.53. The Morgan fingerprint density at radius 2 is 2.11 bits per heavy atom. The third-order valence-electron chi connectivity index (χ3n) is 2.17. The fraction of sp³-hybridized carbons (Fsp3) is 0.0833. The van der Waals surface area contributed by atoms with Crippen molar-refractivity contribution in [3.05, 3.63) is 46.1 Å². The average Bonchev–Trinajstić information content (AvgIpc) is 2.30. The molecule has 0 fully saturated rings. The molecule has 0 amide bonds. The lowest BCUT2D eigenvalue weighted by Gasteiger charge is -2.07. The first-order valence-corrected chi connectivity index (χ1v) is 5.85. The number of nitrogens with zero attached hydrogens (tertiary/aromatic N) is 3. The summed E-state index contributed by atoms with van der Waals surface area (Å²) in [7, 11) is 0. The maximum absolute atomic E-state index is 13.7. The summed E-state index contributed by atoms with van der Waals surface area (Å²) in [5.74, 6) is 0.556. The van der Waals surface area contributed by atoms with E-state index in [4.69, 9.17) is 5.26 Å². The molecule has 0 saturated heterocycles. The van der Waals surface area contributed by atoms with Crippen molar-refractivity contribution in [2.24, 2.45) is 0 Å². The van der Waals surface area contributed by atoms with E-state index in [0.717, 1.165) is 0 Å². The summed E-state index contributed by atoms with van der Waals surface area (Å²) >= 11 is 3.24. The van der Waals surface area contributed by atoms with E-state index in [1.165, 1.54) is 18.2 Å². The maximum Gasteiger partial charge on any atom is 0.147 e. The number of nitriles is 1. The predicted octanol–water partition coefficient (Wildman–Crippen LogP) is 3.30. The SMILES string of the molecule is Cc1nc(Br)cc(Nc2ccc(C#N)cc2F)n1. The zero-order valence-electron chi connectivity index (χ0n) is 9.41. The van der Waals surface area contributed by atoms with Gasteiger partial charge in [0.2, 0.25) is 0 Å². The number of benzene rings is 1. The van der Waals surface area contributed by atoms with Crippen LogP contribution in [0.25, 0.3) is 0 Å². The number of rotatable bonds is 2. The standard InChI is InChI=1S/C12H8BrFN4/c1-7-16-11(13)5-12(17-7)18-10-3-2-8(6-15)4-9(10)14/h2-5H,1H3,(H,16,17,18). The molecule has 90 valence electrons. The summed E-state index contributed by atoms with van der Waals surface area (Å²) in [4.78, 5) is 8.18. The molecule has 0 atom stereocenters. The fourth-order valence-electron chi connectivity index (χ4n) is 1.42. The molecule has 6 heteroatoms. The highest BCUT2D eigenvalue weighted by atomic mass is 79.9. The van der Waals surface area contributed by atoms with Crippen LogP contribution in [0, 0.1) is 24.1 Å². The molecule has 2 aromatic rings. The lowest BCUT2D eigenvalue weighted by molar-refractivity contribution is 0.631. The summed E-state index contributed by atoms with van der Waals surface area (Å²) < 4.78 is 14.3. The van der Waals surface area contributed by atoms with Crippen molar-refractivity contribution in [1.82, 2.24) is 9.97 Å². The molecule has 0 aliphatic heterocycles. The van der Waals surface area contributed by atoms with E-state index in [1.54, 1.807) is 13.0 Å². The average molecular weight is 307 g/mol. The molecule has 2 rings (SSSR count). The van der Waals surface area contributed by atoms with Gasteiger partial charge in [-0.25, -0.2) is 14.4 Å². The molecule has 1 N–H and O–H groups in total. The number of halogens is 2. The van der Waals surface area contributed by atoms with Crippen LogP contribution in [-0.4, -0.2) is 9.97 Å². The molecule has 0 spiro atoms. The van der Waals surface area contributed by atoms with Gasteiger partial charge < -0.3 is 5.32 Å². The second kappa shape index (κ2) is 5.10. The molecular formula is C12H8BrFN4. The zero-order chi connectivity index (χ0) is 13.1. The normalized spacial score (nSPS) is 9.89. The molecule has 0 saturated carbocycles. The third-order valence-corrected chi connectivity index (χ3v) is 2.57. The summed E-state index contributed by atoms with van der Waals surface area (Å²) in [6, 6.07) is 7.73. The van der Waals surface area contributed by atoms with Gasteiger partial charge in [0.1, 0.15) is 22.1 Å². The minimum atomic E-state index is -0.499. The summed E-state index contributed by atoms with van der Waals surface area (Å²) in [6.45, 7) is 1.74. The van der Waals surface area contributed by atoms with Crippen molar-refractivity contribution >= 4 is 27.4 Å². The van der Waals surface area contributed by atoms with Gasteiger partial charge >= 0.3 is 0 Å². The molecule has 1 heterocycles. The molecule has 0 aliphatic carbocycles. The highest BCUT2D eigenvalue weighted by molar-refractivity contribution is 9.10. The highest BCUT2D eigenvalue weighted by Crippen LogP contribution is 2.21. The monoisotopic (exact) mass is 306 g/mol. The topological polar surface area (TPSA) is 61.6 Å². The second-order valence-electron chi connectivity index (χ2n) is 3.55. The van der Waals surface area contributed by atoms with E-state index in [9.17, 15) is 4.39 Å². The van der Waals surface area contributed by atoms with Crippen LogP contribution in [0.2, 0.25) is 0 Å². The van der Waals surface area contributed by atoms with Gasteiger partial charge in [0, 0.05) is 6.07 Å². The Labute approximate surface area is 112 Å². The van der Waals surface area contributed by atoms with Gasteiger partial charge in [0.25, 0.3) is 0 Å². The molecule has 4 nitrogen and oxygen atoms in total. The van der Waals surface area contributed by atoms with E-state index in [0.29, 0.717) is 16.2 Å². The zero-order valence-corrected chi connectivity index (χ0v) is 11.0. The number of hydrogen-bond acceptors (Lipinski definition) is 4. The Bertz CT molecular complexity index is 616. The van der Waals surface area contributed by atoms with E-state index in [-0.39, 0.29) is 11.3 Å². The summed E-state index contributed by atoms with van der Waals surface area (Å²) in [5.41, 5.74) is 0.539. The van der Waals surface area contributed by atoms with Gasteiger partial charge in [0.15, 0.2) is 0 Å². The number of anilines is 2. The fourth-order valence-corrected chi connectivity index (χ4v) is 1.89. The van der Waals surface area contributed by atoms with E-state index < -0.39 is 5.82 Å². The first-order valence-electron chi connectivity index (χ1n) is 5.06. The van der Waals surface area contributed by atoms with Crippen LogP contribution in [0.3, 0.4) is 0 Å². The third kappa shape index (κ3) is 2.81. The molecule has 18 heavy (non-hydrogen) atoms. The van der Waals surface area contributed by atoms with Gasteiger partial charge in [-0.3, -0.25) is 0 Å². The van der Waals surface area contributed by atoms with Crippen molar-refractivity contribution in [1.29, 1.82) is 5.26 Å². The quantitative estimate of drug-likeness (QED) is 0.865. The minimum absolute atomic E-state index is 0.263. The molecule has 0 aliphatic rings. The maximum atomic E-state index is 13.7.